The summed E-state index contributed by atoms with van der Waals surface area (Å²) in [6, 6.07) is 5.14. The van der Waals surface area contributed by atoms with Crippen LogP contribution in [0.3, 0.4) is 0 Å². The first kappa shape index (κ1) is 16.9. The van der Waals surface area contributed by atoms with Crippen LogP contribution < -0.4 is 5.32 Å². The summed E-state index contributed by atoms with van der Waals surface area (Å²) in [5.41, 5.74) is 0.744. The smallest absolute Gasteiger partial charge is 0.245 e. The minimum Gasteiger partial charge on any atom is -0.375 e. The first-order chi connectivity index (χ1) is 11.5. The van der Waals surface area contributed by atoms with E-state index in [0.717, 1.165) is 10.9 Å². The summed E-state index contributed by atoms with van der Waals surface area (Å²) in [5, 5.41) is 4.65. The predicted octanol–water partition coefficient (Wildman–Crippen LogP) is 2.72. The van der Waals surface area contributed by atoms with E-state index in [9.17, 15) is 4.79 Å². The van der Waals surface area contributed by atoms with Gasteiger partial charge in [-0.3, -0.25) is 4.79 Å². The number of hydrogen-bond donors (Lipinski definition) is 1. The van der Waals surface area contributed by atoms with Crippen molar-refractivity contribution in [1.82, 2.24) is 14.9 Å². The van der Waals surface area contributed by atoms with Gasteiger partial charge >= 0.3 is 0 Å². The molecule has 0 radical (unpaired) electrons. The third-order valence-corrected chi connectivity index (χ3v) is 4.63. The number of rotatable bonds is 5. The fourth-order valence-corrected chi connectivity index (χ4v) is 3.10. The number of anilines is 1. The van der Waals surface area contributed by atoms with Crippen molar-refractivity contribution in [3.63, 3.8) is 0 Å². The Bertz CT molecular complexity index is 754. The Hall–Kier alpha value is -1.92. The zero-order valence-corrected chi connectivity index (χ0v) is 14.7. The molecule has 0 unspecified atom stereocenters. The van der Waals surface area contributed by atoms with Gasteiger partial charge in [-0.15, -0.1) is 0 Å². The lowest BCUT2D eigenvalue weighted by atomic mass is 9.99. The lowest BCUT2D eigenvalue weighted by Crippen LogP contribution is -2.64. The van der Waals surface area contributed by atoms with E-state index < -0.39 is 0 Å². The quantitative estimate of drug-likeness (QED) is 0.899. The first-order valence-corrected chi connectivity index (χ1v) is 8.48. The van der Waals surface area contributed by atoms with Gasteiger partial charge in [0.15, 0.2) is 0 Å². The number of likely N-dealkylation sites (tertiary alicyclic amines) is 1. The maximum Gasteiger partial charge on any atom is 0.245 e. The van der Waals surface area contributed by atoms with Crippen LogP contribution in [0.15, 0.2) is 24.5 Å². The lowest BCUT2D eigenvalue weighted by Gasteiger charge is -2.46. The van der Waals surface area contributed by atoms with E-state index in [-0.39, 0.29) is 24.1 Å². The van der Waals surface area contributed by atoms with Crippen LogP contribution in [0.5, 0.6) is 0 Å². The molecule has 1 aliphatic heterocycles. The Morgan fingerprint density at radius 2 is 2.29 bits per heavy atom. The number of ether oxygens (including phenoxy) is 1. The van der Waals surface area contributed by atoms with Gasteiger partial charge in [0.25, 0.3) is 0 Å². The molecule has 3 atom stereocenters. The second-order valence-electron chi connectivity index (χ2n) is 5.97. The third kappa shape index (κ3) is 3.16. The maximum atomic E-state index is 12.6. The van der Waals surface area contributed by atoms with E-state index in [1.165, 1.54) is 6.33 Å². The molecule has 1 fully saturated rings. The highest BCUT2D eigenvalue weighted by atomic mass is 35.5. The number of carbonyl (C=O) groups excluding carboxylic acids is 1. The molecule has 7 heteroatoms. The Morgan fingerprint density at radius 1 is 1.50 bits per heavy atom. The van der Waals surface area contributed by atoms with Crippen molar-refractivity contribution in [3.05, 3.63) is 29.5 Å². The Kier molecular flexibility index (Phi) is 4.87. The molecule has 24 heavy (non-hydrogen) atoms. The fraction of sp³-hybridized carbons (Fsp3) is 0.471. The molecule has 1 aliphatic rings. The summed E-state index contributed by atoms with van der Waals surface area (Å²) in [6.07, 6.45) is 1.60. The number of carbonyl (C=O) groups is 1. The van der Waals surface area contributed by atoms with Crippen molar-refractivity contribution >= 4 is 34.2 Å². The van der Waals surface area contributed by atoms with Crippen LogP contribution in [0.25, 0.3) is 10.9 Å². The van der Waals surface area contributed by atoms with Crippen molar-refractivity contribution in [2.24, 2.45) is 0 Å². The van der Waals surface area contributed by atoms with Gasteiger partial charge in [0.2, 0.25) is 5.91 Å². The van der Waals surface area contributed by atoms with Crippen LogP contribution in [-0.2, 0) is 9.53 Å². The molecule has 2 heterocycles. The zero-order valence-electron chi connectivity index (χ0n) is 14.0. The number of amides is 1. The van der Waals surface area contributed by atoms with E-state index in [4.69, 9.17) is 16.3 Å². The molecule has 0 aliphatic carbocycles. The van der Waals surface area contributed by atoms with Crippen molar-refractivity contribution in [2.75, 3.05) is 18.5 Å². The molecule has 1 aromatic carbocycles. The number of aromatic nitrogens is 2. The zero-order chi connectivity index (χ0) is 17.3. The molecule has 1 saturated heterocycles. The van der Waals surface area contributed by atoms with Crippen LogP contribution in [0, 0.1) is 0 Å². The van der Waals surface area contributed by atoms with Crippen LogP contribution >= 0.6 is 11.6 Å². The molecule has 3 rings (SSSR count). The number of nitrogens with zero attached hydrogens (tertiary/aromatic N) is 3. The van der Waals surface area contributed by atoms with Crippen molar-refractivity contribution in [3.8, 4) is 0 Å². The van der Waals surface area contributed by atoms with Gasteiger partial charge in [-0.2, -0.15) is 0 Å². The van der Waals surface area contributed by atoms with Crippen molar-refractivity contribution < 1.29 is 9.53 Å². The molecule has 2 aromatic rings. The minimum atomic E-state index is -0.385. The summed E-state index contributed by atoms with van der Waals surface area (Å²) in [6.45, 7) is 7.12. The van der Waals surface area contributed by atoms with Crippen molar-refractivity contribution in [1.29, 1.82) is 0 Å². The van der Waals surface area contributed by atoms with E-state index in [0.29, 0.717) is 24.0 Å². The van der Waals surface area contributed by atoms with E-state index in [2.05, 4.69) is 15.3 Å². The summed E-state index contributed by atoms with van der Waals surface area (Å²) in [5.74, 6) is 0.672. The average molecular weight is 349 g/mol. The molecule has 1 aromatic heterocycles. The van der Waals surface area contributed by atoms with Gasteiger partial charge in [-0.25, -0.2) is 9.97 Å². The molecular weight excluding hydrogens is 328 g/mol. The first-order valence-electron chi connectivity index (χ1n) is 8.10. The van der Waals surface area contributed by atoms with Gasteiger partial charge in [0.05, 0.1) is 17.7 Å². The van der Waals surface area contributed by atoms with Gasteiger partial charge < -0.3 is 15.0 Å². The highest BCUT2D eigenvalue weighted by Crippen LogP contribution is 2.25. The number of benzene rings is 1. The SMILES string of the molecule is CCO[C@@H]1CN(C(=O)[C@@H](C)Nc2ncnc3cc(Cl)ccc23)[C@H]1C. The summed E-state index contributed by atoms with van der Waals surface area (Å²) in [4.78, 5) is 22.9. The Morgan fingerprint density at radius 3 is 3.00 bits per heavy atom. The molecule has 128 valence electrons. The summed E-state index contributed by atoms with van der Waals surface area (Å²) < 4.78 is 5.59. The summed E-state index contributed by atoms with van der Waals surface area (Å²) in [7, 11) is 0. The van der Waals surface area contributed by atoms with Gasteiger partial charge in [0, 0.05) is 23.6 Å². The van der Waals surface area contributed by atoms with Gasteiger partial charge in [-0.1, -0.05) is 11.6 Å². The molecular formula is C17H21ClN4O2. The molecule has 0 spiro atoms. The molecule has 6 nitrogen and oxygen atoms in total. The van der Waals surface area contributed by atoms with E-state index in [1.807, 2.05) is 31.7 Å². The topological polar surface area (TPSA) is 67.3 Å². The Labute approximate surface area is 146 Å². The van der Waals surface area contributed by atoms with Gasteiger partial charge in [-0.05, 0) is 39.0 Å². The number of fused-ring (bicyclic) bond motifs is 1. The second kappa shape index (κ2) is 6.91. The number of nitrogens with one attached hydrogen (secondary N) is 1. The summed E-state index contributed by atoms with van der Waals surface area (Å²) >= 11 is 6.00. The second-order valence-corrected chi connectivity index (χ2v) is 6.41. The molecule has 1 amide bonds. The lowest BCUT2D eigenvalue weighted by molar-refractivity contribution is -0.155. The highest BCUT2D eigenvalue weighted by molar-refractivity contribution is 6.31. The minimum absolute atomic E-state index is 0.0409. The predicted molar refractivity (Wildman–Crippen MR) is 94.2 cm³/mol. The van der Waals surface area contributed by atoms with E-state index in [1.54, 1.807) is 12.1 Å². The maximum absolute atomic E-state index is 12.6. The standard InChI is InChI=1S/C17H21ClN4O2/c1-4-24-15-8-22(11(15)3)17(23)10(2)21-16-13-6-5-12(18)7-14(13)19-9-20-16/h5-7,9-11,15H,4,8H2,1-3H3,(H,19,20,21)/t10-,11+,15-/m1/s1. The monoisotopic (exact) mass is 348 g/mol. The average Bonchev–Trinajstić information content (AvgIpc) is 2.57. The fourth-order valence-electron chi connectivity index (χ4n) is 2.93. The van der Waals surface area contributed by atoms with Crippen LogP contribution in [-0.4, -0.2) is 52.1 Å². The highest BCUT2D eigenvalue weighted by Gasteiger charge is 2.40. The van der Waals surface area contributed by atoms with Gasteiger partial charge in [0.1, 0.15) is 18.2 Å². The Balaban J connectivity index is 1.71. The van der Waals surface area contributed by atoms with Crippen LogP contribution in [0.2, 0.25) is 5.02 Å². The molecule has 1 N–H and O–H groups in total. The molecule has 0 bridgehead atoms. The van der Waals surface area contributed by atoms with Crippen LogP contribution in [0.4, 0.5) is 5.82 Å². The van der Waals surface area contributed by atoms with E-state index >= 15 is 0 Å². The van der Waals surface area contributed by atoms with Crippen molar-refractivity contribution in [2.45, 2.75) is 39.0 Å². The third-order valence-electron chi connectivity index (χ3n) is 4.39. The largest absolute Gasteiger partial charge is 0.375 e. The number of halogens is 1. The van der Waals surface area contributed by atoms with Crippen LogP contribution in [0.1, 0.15) is 20.8 Å². The normalized spacial score (nSPS) is 21.4. The molecule has 0 saturated carbocycles. The number of hydrogen-bond acceptors (Lipinski definition) is 5.